The van der Waals surface area contributed by atoms with Gasteiger partial charge in [-0.2, -0.15) is 0 Å². The van der Waals surface area contributed by atoms with Crippen molar-refractivity contribution in [3.8, 4) is 33.8 Å². The lowest BCUT2D eigenvalue weighted by Gasteiger charge is -2.27. The van der Waals surface area contributed by atoms with E-state index in [1.165, 1.54) is 0 Å². The highest BCUT2D eigenvalue weighted by Gasteiger charge is 2.34. The van der Waals surface area contributed by atoms with Gasteiger partial charge in [-0.05, 0) is 116 Å². The average Bonchev–Trinajstić information content (AvgIpc) is 3.97. The van der Waals surface area contributed by atoms with Gasteiger partial charge in [0.2, 0.25) is 0 Å². The molecule has 12 heteroatoms. The SMILES string of the molecule is CC(C)(C)C(Oc1cccc(-c2c3nc(c(Br)c4ccc([nH]4)c(-c4cccc(OC(C(=O)O)C(C)(C)C)c4)c4nc(c(Br)c5ccc2[nH]5)C=C4)C=C3)c1)C(=O)O. The number of rotatable bonds is 8. The van der Waals surface area contributed by atoms with Crippen LogP contribution in [-0.2, 0) is 9.59 Å². The zero-order valence-electron chi connectivity index (χ0n) is 31.6. The number of aromatic nitrogens is 4. The number of nitrogens with zero attached hydrogens (tertiary/aromatic N) is 2. The molecule has 4 N–H and O–H groups in total. The van der Waals surface area contributed by atoms with Crippen LogP contribution in [0, 0.1) is 10.8 Å². The Kier molecular flexibility index (Phi) is 10.3. The van der Waals surface area contributed by atoms with Crippen molar-refractivity contribution in [3.05, 3.63) is 105 Å². The Morgan fingerprint density at radius 1 is 0.571 bits per heavy atom. The summed E-state index contributed by atoms with van der Waals surface area (Å²) >= 11 is 7.64. The summed E-state index contributed by atoms with van der Waals surface area (Å²) in [6.07, 6.45) is 5.66. The molecule has 0 fully saturated rings. The highest BCUT2D eigenvalue weighted by atomic mass is 79.9. The Labute approximate surface area is 340 Å². The quantitative estimate of drug-likeness (QED) is 0.118. The molecule has 7 rings (SSSR count). The van der Waals surface area contributed by atoms with Gasteiger partial charge in [-0.15, -0.1) is 0 Å². The maximum Gasteiger partial charge on any atom is 0.345 e. The smallest absolute Gasteiger partial charge is 0.345 e. The molecule has 0 saturated carbocycles. The van der Waals surface area contributed by atoms with Crippen LogP contribution in [0.5, 0.6) is 11.5 Å². The number of fused-ring (bicyclic) bond motifs is 8. The van der Waals surface area contributed by atoms with E-state index in [1.807, 2.05) is 127 Å². The Hall–Kier alpha value is -5.46. The van der Waals surface area contributed by atoms with Gasteiger partial charge in [-0.3, -0.25) is 0 Å². The topological polar surface area (TPSA) is 150 Å². The first-order chi connectivity index (χ1) is 26.5. The van der Waals surface area contributed by atoms with E-state index in [1.54, 1.807) is 12.1 Å². The number of carboxylic acids is 2. The third kappa shape index (κ3) is 7.81. The van der Waals surface area contributed by atoms with Crippen molar-refractivity contribution in [2.24, 2.45) is 10.8 Å². The standard InChI is InChI=1S/C44H40Br2N4O6/c1-43(2,3)39(41(51)52)55-25-11-7-9-23(21-25)35-27-13-17-31(47-27)37(45)33-19-15-29(49-33)36(30-16-20-34(50-30)38(46)32-18-14-28(35)48-32)24-10-8-12-26(22-24)56-40(42(53)54)44(4,5)6/h7-22,39-40,47,50H,1-6H3,(H,51,52)(H,53,54). The number of hydrogen-bond acceptors (Lipinski definition) is 6. The number of carboxylic acid groups (broad SMARTS) is 2. The van der Waals surface area contributed by atoms with Gasteiger partial charge in [0.25, 0.3) is 0 Å². The second-order valence-corrected chi connectivity index (χ2v) is 17.4. The molecular formula is C44H40Br2N4O6. The van der Waals surface area contributed by atoms with Gasteiger partial charge < -0.3 is 29.7 Å². The molecule has 0 radical (unpaired) electrons. The molecule has 286 valence electrons. The van der Waals surface area contributed by atoms with Crippen LogP contribution in [0.25, 0.3) is 68.6 Å². The summed E-state index contributed by atoms with van der Waals surface area (Å²) in [6.45, 7) is 11.0. The summed E-state index contributed by atoms with van der Waals surface area (Å²) in [7, 11) is 0. The highest BCUT2D eigenvalue weighted by Crippen LogP contribution is 2.38. The fraction of sp³-hybridized carbons (Fsp3) is 0.227. The molecule has 5 aromatic rings. The second kappa shape index (κ2) is 14.9. The van der Waals surface area contributed by atoms with Gasteiger partial charge in [0.1, 0.15) is 11.5 Å². The molecule has 2 atom stereocenters. The predicted molar refractivity (Wildman–Crippen MR) is 228 cm³/mol. The zero-order valence-corrected chi connectivity index (χ0v) is 34.7. The van der Waals surface area contributed by atoms with Crippen molar-refractivity contribution in [1.82, 2.24) is 19.9 Å². The molecule has 8 bridgehead atoms. The molecule has 5 heterocycles. The van der Waals surface area contributed by atoms with E-state index < -0.39 is 35.0 Å². The molecule has 2 aromatic carbocycles. The number of ether oxygens (including phenoxy) is 2. The van der Waals surface area contributed by atoms with Gasteiger partial charge in [-0.1, -0.05) is 65.8 Å². The molecule has 56 heavy (non-hydrogen) atoms. The van der Waals surface area contributed by atoms with E-state index in [9.17, 15) is 19.8 Å². The van der Waals surface area contributed by atoms with Crippen LogP contribution in [0.2, 0.25) is 0 Å². The number of H-pyrrole nitrogens is 2. The molecule has 2 aliphatic rings. The Morgan fingerprint density at radius 3 is 1.29 bits per heavy atom. The largest absolute Gasteiger partial charge is 0.478 e. The lowest BCUT2D eigenvalue weighted by Crippen LogP contribution is -2.39. The number of aliphatic carboxylic acids is 2. The van der Waals surface area contributed by atoms with Crippen molar-refractivity contribution < 1.29 is 29.3 Å². The van der Waals surface area contributed by atoms with E-state index in [-0.39, 0.29) is 0 Å². The zero-order chi connectivity index (χ0) is 40.1. The van der Waals surface area contributed by atoms with Gasteiger partial charge in [0, 0.05) is 33.0 Å². The minimum Gasteiger partial charge on any atom is -0.478 e. The Balaban J connectivity index is 1.45. The molecule has 0 spiro atoms. The van der Waals surface area contributed by atoms with Crippen molar-refractivity contribution in [3.63, 3.8) is 0 Å². The molecule has 3 aromatic heterocycles. The second-order valence-electron chi connectivity index (χ2n) is 15.8. The molecule has 0 amide bonds. The van der Waals surface area contributed by atoms with E-state index in [2.05, 4.69) is 41.8 Å². The predicted octanol–water partition coefficient (Wildman–Crippen LogP) is 11.3. The van der Waals surface area contributed by atoms with Gasteiger partial charge in [0.05, 0.1) is 42.8 Å². The number of hydrogen-bond donors (Lipinski definition) is 4. The lowest BCUT2D eigenvalue weighted by atomic mass is 9.89. The molecule has 2 aliphatic heterocycles. The fourth-order valence-electron chi connectivity index (χ4n) is 6.66. The van der Waals surface area contributed by atoms with Crippen LogP contribution in [0.4, 0.5) is 0 Å². The minimum absolute atomic E-state index is 0.427. The van der Waals surface area contributed by atoms with Gasteiger partial charge in [-0.25, -0.2) is 19.6 Å². The fourth-order valence-corrected chi connectivity index (χ4v) is 7.57. The first-order valence-corrected chi connectivity index (χ1v) is 19.5. The number of halogens is 2. The van der Waals surface area contributed by atoms with Crippen molar-refractivity contribution in [2.45, 2.75) is 53.8 Å². The maximum atomic E-state index is 12.2. The molecule has 0 saturated heterocycles. The minimum atomic E-state index is -1.06. The van der Waals surface area contributed by atoms with E-state index in [4.69, 9.17) is 19.4 Å². The number of carbonyl (C=O) groups is 2. The van der Waals surface area contributed by atoms with Crippen molar-refractivity contribution >= 4 is 90.2 Å². The Bertz CT molecular complexity index is 2450. The van der Waals surface area contributed by atoms with Crippen LogP contribution < -0.4 is 9.47 Å². The molecule has 10 nitrogen and oxygen atoms in total. The average molecular weight is 881 g/mol. The number of nitrogens with one attached hydrogen (secondary N) is 2. The first kappa shape index (κ1) is 38.8. The van der Waals surface area contributed by atoms with Crippen LogP contribution in [-0.4, -0.2) is 54.3 Å². The van der Waals surface area contributed by atoms with Crippen molar-refractivity contribution in [2.75, 3.05) is 0 Å². The first-order valence-electron chi connectivity index (χ1n) is 17.9. The summed E-state index contributed by atoms with van der Waals surface area (Å²) < 4.78 is 13.6. The number of aromatic amines is 2. The molecular weight excluding hydrogens is 840 g/mol. The summed E-state index contributed by atoms with van der Waals surface area (Å²) in [6, 6.07) is 22.7. The van der Waals surface area contributed by atoms with Gasteiger partial charge in [0.15, 0.2) is 12.2 Å². The highest BCUT2D eigenvalue weighted by molar-refractivity contribution is 9.11. The third-order valence-corrected chi connectivity index (χ3v) is 11.1. The van der Waals surface area contributed by atoms with E-state index in [0.717, 1.165) is 53.3 Å². The monoisotopic (exact) mass is 878 g/mol. The van der Waals surface area contributed by atoms with Crippen LogP contribution in [0.1, 0.15) is 64.3 Å². The van der Waals surface area contributed by atoms with E-state index in [0.29, 0.717) is 34.3 Å². The maximum absolute atomic E-state index is 12.2. The van der Waals surface area contributed by atoms with Crippen LogP contribution in [0.15, 0.2) is 81.7 Å². The van der Waals surface area contributed by atoms with Crippen LogP contribution >= 0.6 is 31.9 Å². The van der Waals surface area contributed by atoms with Gasteiger partial charge >= 0.3 is 11.9 Å². The third-order valence-electron chi connectivity index (χ3n) is 9.40. The molecule has 2 unspecified atom stereocenters. The summed E-state index contributed by atoms with van der Waals surface area (Å²) in [5, 5.41) is 19.9. The van der Waals surface area contributed by atoms with E-state index >= 15 is 0 Å². The molecule has 0 aliphatic carbocycles. The van der Waals surface area contributed by atoms with Crippen LogP contribution in [0.3, 0.4) is 0 Å². The summed E-state index contributed by atoms with van der Waals surface area (Å²) in [5.74, 6) is -1.22. The summed E-state index contributed by atoms with van der Waals surface area (Å²) in [4.78, 5) is 41.6. The summed E-state index contributed by atoms with van der Waals surface area (Å²) in [5.41, 5.74) is 7.75. The van der Waals surface area contributed by atoms with Crippen molar-refractivity contribution in [1.29, 1.82) is 0 Å². The number of benzene rings is 2. The lowest BCUT2D eigenvalue weighted by molar-refractivity contribution is -0.151. The normalized spacial score (nSPS) is 13.7. The Morgan fingerprint density at radius 2 is 0.929 bits per heavy atom.